The molecule has 0 unspecified atom stereocenters. The van der Waals surface area contributed by atoms with Crippen LogP contribution in [0.15, 0.2) is 18.2 Å². The zero-order chi connectivity index (χ0) is 18.7. The van der Waals surface area contributed by atoms with Crippen LogP contribution in [0.1, 0.15) is 32.1 Å². The minimum atomic E-state index is -0.554. The molecule has 1 aromatic rings. The molecule has 26 heavy (non-hydrogen) atoms. The number of halogens is 2. The molecule has 0 spiro atoms. The molecule has 0 aromatic heterocycles. The predicted octanol–water partition coefficient (Wildman–Crippen LogP) is 3.14. The fraction of sp³-hybridized carbons (Fsp3) is 0.579. The summed E-state index contributed by atoms with van der Waals surface area (Å²) in [5.74, 6) is -0.357. The Balaban J connectivity index is 1.47. The summed E-state index contributed by atoms with van der Waals surface area (Å²) in [5.41, 5.74) is 0.122. The Hall–Kier alpha value is -1.66. The smallest absolute Gasteiger partial charge is 0.238 e. The third-order valence-electron chi connectivity index (χ3n) is 5.19. The average molecular weight is 382 g/mol. The molecular formula is C19H25ClFN3O2. The molecule has 2 aliphatic rings. The van der Waals surface area contributed by atoms with Crippen molar-refractivity contribution >= 4 is 29.1 Å². The molecule has 1 aliphatic heterocycles. The number of nitrogens with zero attached hydrogens (tertiary/aromatic N) is 2. The van der Waals surface area contributed by atoms with Crippen LogP contribution in [0.5, 0.6) is 0 Å². The number of anilines is 1. The largest absolute Gasteiger partial charge is 0.339 e. The molecule has 1 N–H and O–H groups in total. The number of likely N-dealkylation sites (tertiary alicyclic amines) is 1. The van der Waals surface area contributed by atoms with E-state index in [1.54, 1.807) is 0 Å². The fourth-order valence-electron chi connectivity index (χ4n) is 4.03. The van der Waals surface area contributed by atoms with Gasteiger partial charge in [-0.05, 0) is 44.0 Å². The lowest BCUT2D eigenvalue weighted by Gasteiger charge is -2.25. The molecule has 7 heteroatoms. The second-order valence-electron chi connectivity index (χ2n) is 7.42. The number of carbonyl (C=O) groups excluding carboxylic acids is 2. The SMILES string of the molecule is CN(CC(=O)Nc1ccc(Cl)cc1F)C[C@H]1CC(=O)N(C2CCCC2)C1. The van der Waals surface area contributed by atoms with Gasteiger partial charge >= 0.3 is 0 Å². The molecular weight excluding hydrogens is 357 g/mol. The van der Waals surface area contributed by atoms with E-state index in [0.29, 0.717) is 19.0 Å². The molecule has 1 saturated carbocycles. The van der Waals surface area contributed by atoms with Crippen molar-refractivity contribution in [2.75, 3.05) is 32.0 Å². The quantitative estimate of drug-likeness (QED) is 0.823. The molecule has 142 valence electrons. The summed E-state index contributed by atoms with van der Waals surface area (Å²) < 4.78 is 13.8. The number of amides is 2. The van der Waals surface area contributed by atoms with Gasteiger partial charge in [-0.2, -0.15) is 0 Å². The van der Waals surface area contributed by atoms with E-state index in [9.17, 15) is 14.0 Å². The summed E-state index contributed by atoms with van der Waals surface area (Å²) in [5, 5.41) is 2.85. The molecule has 1 aliphatic carbocycles. The number of benzene rings is 1. The van der Waals surface area contributed by atoms with Crippen LogP contribution in [0.25, 0.3) is 0 Å². The van der Waals surface area contributed by atoms with Crippen molar-refractivity contribution in [3.63, 3.8) is 0 Å². The molecule has 1 heterocycles. The zero-order valence-electron chi connectivity index (χ0n) is 15.0. The van der Waals surface area contributed by atoms with E-state index in [2.05, 4.69) is 5.32 Å². The van der Waals surface area contributed by atoms with Gasteiger partial charge in [-0.1, -0.05) is 24.4 Å². The van der Waals surface area contributed by atoms with Crippen molar-refractivity contribution in [2.24, 2.45) is 5.92 Å². The van der Waals surface area contributed by atoms with Crippen molar-refractivity contribution in [3.05, 3.63) is 29.0 Å². The van der Waals surface area contributed by atoms with Crippen LogP contribution in [0.4, 0.5) is 10.1 Å². The minimum Gasteiger partial charge on any atom is -0.339 e. The molecule has 0 radical (unpaired) electrons. The summed E-state index contributed by atoms with van der Waals surface area (Å²) in [6.45, 7) is 1.60. The maximum Gasteiger partial charge on any atom is 0.238 e. The minimum absolute atomic E-state index is 0.122. The van der Waals surface area contributed by atoms with Gasteiger partial charge in [-0.3, -0.25) is 14.5 Å². The van der Waals surface area contributed by atoms with Crippen LogP contribution in [0, 0.1) is 11.7 Å². The maximum absolute atomic E-state index is 13.8. The van der Waals surface area contributed by atoms with Crippen molar-refractivity contribution in [3.8, 4) is 0 Å². The summed E-state index contributed by atoms with van der Waals surface area (Å²) in [7, 11) is 1.85. The normalized spacial score (nSPS) is 21.0. The van der Waals surface area contributed by atoms with Gasteiger partial charge in [0, 0.05) is 30.6 Å². The van der Waals surface area contributed by atoms with Crippen LogP contribution in [0.2, 0.25) is 5.02 Å². The van der Waals surface area contributed by atoms with Crippen LogP contribution in [-0.4, -0.2) is 54.3 Å². The predicted molar refractivity (Wildman–Crippen MR) is 99.6 cm³/mol. The Morgan fingerprint density at radius 2 is 2.12 bits per heavy atom. The standard InChI is InChI=1S/C19H25ClFN3O2/c1-23(12-18(25)22-17-7-6-14(20)9-16(17)21)10-13-8-19(26)24(11-13)15-4-2-3-5-15/h6-7,9,13,15H,2-5,8,10-12H2,1H3,(H,22,25)/t13-/m1/s1. The van der Waals surface area contributed by atoms with E-state index in [1.165, 1.54) is 31.0 Å². The highest BCUT2D eigenvalue weighted by Gasteiger charge is 2.35. The molecule has 1 atom stereocenters. The van der Waals surface area contributed by atoms with Crippen molar-refractivity contribution < 1.29 is 14.0 Å². The van der Waals surface area contributed by atoms with Crippen molar-refractivity contribution in [2.45, 2.75) is 38.1 Å². The first-order valence-corrected chi connectivity index (χ1v) is 9.53. The fourth-order valence-corrected chi connectivity index (χ4v) is 4.19. The van der Waals surface area contributed by atoms with Crippen molar-refractivity contribution in [1.29, 1.82) is 0 Å². The van der Waals surface area contributed by atoms with E-state index >= 15 is 0 Å². The molecule has 2 fully saturated rings. The van der Waals surface area contributed by atoms with E-state index in [1.807, 2.05) is 16.8 Å². The molecule has 0 bridgehead atoms. The highest BCUT2D eigenvalue weighted by Crippen LogP contribution is 2.29. The van der Waals surface area contributed by atoms with Crippen LogP contribution >= 0.6 is 11.6 Å². The lowest BCUT2D eigenvalue weighted by Crippen LogP contribution is -2.37. The summed E-state index contributed by atoms with van der Waals surface area (Å²) >= 11 is 5.71. The van der Waals surface area contributed by atoms with Gasteiger partial charge in [0.05, 0.1) is 12.2 Å². The molecule has 3 rings (SSSR count). The highest BCUT2D eigenvalue weighted by atomic mass is 35.5. The third kappa shape index (κ3) is 4.74. The number of hydrogen-bond acceptors (Lipinski definition) is 3. The topological polar surface area (TPSA) is 52.7 Å². The second-order valence-corrected chi connectivity index (χ2v) is 7.86. The number of nitrogens with one attached hydrogen (secondary N) is 1. The Morgan fingerprint density at radius 3 is 2.81 bits per heavy atom. The third-order valence-corrected chi connectivity index (χ3v) is 5.43. The highest BCUT2D eigenvalue weighted by molar-refractivity contribution is 6.30. The monoisotopic (exact) mass is 381 g/mol. The first-order chi connectivity index (χ1) is 12.4. The van der Waals surface area contributed by atoms with E-state index < -0.39 is 5.82 Å². The zero-order valence-corrected chi connectivity index (χ0v) is 15.8. The van der Waals surface area contributed by atoms with Gasteiger partial charge in [0.2, 0.25) is 11.8 Å². The Bertz CT molecular complexity index is 679. The summed E-state index contributed by atoms with van der Waals surface area (Å²) in [6.07, 6.45) is 5.20. The lowest BCUT2D eigenvalue weighted by molar-refractivity contribution is -0.129. The molecule has 1 saturated heterocycles. The van der Waals surface area contributed by atoms with Crippen molar-refractivity contribution in [1.82, 2.24) is 9.80 Å². The summed E-state index contributed by atoms with van der Waals surface area (Å²) in [6, 6.07) is 4.56. The number of carbonyl (C=O) groups is 2. The molecule has 2 amide bonds. The Morgan fingerprint density at radius 1 is 1.38 bits per heavy atom. The number of rotatable bonds is 6. The van der Waals surface area contributed by atoms with Gasteiger partial charge in [-0.15, -0.1) is 0 Å². The maximum atomic E-state index is 13.8. The number of likely N-dealkylation sites (N-methyl/N-ethyl adjacent to an activating group) is 1. The second kappa shape index (κ2) is 8.35. The molecule has 5 nitrogen and oxygen atoms in total. The van der Waals surface area contributed by atoms with Gasteiger partial charge in [0.25, 0.3) is 0 Å². The van der Waals surface area contributed by atoms with Gasteiger partial charge in [0.15, 0.2) is 0 Å². The van der Waals surface area contributed by atoms with Gasteiger partial charge in [0.1, 0.15) is 5.82 Å². The lowest BCUT2D eigenvalue weighted by atomic mass is 10.1. The van der Waals surface area contributed by atoms with E-state index in [0.717, 1.165) is 19.4 Å². The van der Waals surface area contributed by atoms with Gasteiger partial charge < -0.3 is 10.2 Å². The Kier molecular flexibility index (Phi) is 6.14. The van der Waals surface area contributed by atoms with Crippen LogP contribution < -0.4 is 5.32 Å². The number of hydrogen-bond donors (Lipinski definition) is 1. The Labute approximate surface area is 158 Å². The molecule has 1 aromatic carbocycles. The summed E-state index contributed by atoms with van der Waals surface area (Å²) in [4.78, 5) is 28.3. The average Bonchev–Trinajstić information content (AvgIpc) is 3.19. The van der Waals surface area contributed by atoms with Gasteiger partial charge in [-0.25, -0.2) is 4.39 Å². The van der Waals surface area contributed by atoms with Crippen LogP contribution in [0.3, 0.4) is 0 Å². The van der Waals surface area contributed by atoms with Crippen LogP contribution in [-0.2, 0) is 9.59 Å². The first-order valence-electron chi connectivity index (χ1n) is 9.15. The first kappa shape index (κ1) is 19.1. The van der Waals surface area contributed by atoms with E-state index in [4.69, 9.17) is 11.6 Å². The van der Waals surface area contributed by atoms with E-state index in [-0.39, 0.29) is 35.0 Å².